The Labute approximate surface area is 174 Å². The van der Waals surface area contributed by atoms with Gasteiger partial charge < -0.3 is 19.0 Å². The van der Waals surface area contributed by atoms with Crippen LogP contribution in [0.15, 0.2) is 47.1 Å². The first kappa shape index (κ1) is 21.1. The average molecular weight is 408 g/mol. The van der Waals surface area contributed by atoms with E-state index < -0.39 is 5.97 Å². The van der Waals surface area contributed by atoms with Gasteiger partial charge in [0.1, 0.15) is 5.76 Å². The van der Waals surface area contributed by atoms with Crippen molar-refractivity contribution in [3.63, 3.8) is 0 Å². The highest BCUT2D eigenvalue weighted by molar-refractivity contribution is 6.02. The number of nitrogens with zero attached hydrogens (tertiary/aromatic N) is 1. The minimum absolute atomic E-state index is 0.104. The molecule has 0 unspecified atom stereocenters. The van der Waals surface area contributed by atoms with E-state index in [0.29, 0.717) is 28.4 Å². The summed E-state index contributed by atoms with van der Waals surface area (Å²) in [4.78, 5) is 42.1. The Balaban J connectivity index is 1.97. The molecule has 0 aliphatic rings. The first-order chi connectivity index (χ1) is 14.3. The second-order valence-corrected chi connectivity index (χ2v) is 7.10. The lowest BCUT2D eigenvalue weighted by atomic mass is 10.1. The van der Waals surface area contributed by atoms with E-state index in [1.165, 1.54) is 14.0 Å². The maximum atomic E-state index is 13.3. The van der Waals surface area contributed by atoms with Gasteiger partial charge in [-0.1, -0.05) is 17.7 Å². The van der Waals surface area contributed by atoms with Gasteiger partial charge in [0, 0.05) is 18.3 Å². The zero-order valence-electron chi connectivity index (χ0n) is 17.4. The maximum absolute atomic E-state index is 13.3. The van der Waals surface area contributed by atoms with Gasteiger partial charge in [-0.25, -0.2) is 4.79 Å². The third-order valence-electron chi connectivity index (χ3n) is 4.94. The summed E-state index contributed by atoms with van der Waals surface area (Å²) in [5.41, 5.74) is 3.13. The third kappa shape index (κ3) is 4.35. The molecule has 0 spiro atoms. The van der Waals surface area contributed by atoms with Crippen molar-refractivity contribution in [3.8, 4) is 0 Å². The predicted molar refractivity (Wildman–Crippen MR) is 112 cm³/mol. The van der Waals surface area contributed by atoms with Crippen LogP contribution in [0.4, 0.5) is 5.69 Å². The van der Waals surface area contributed by atoms with Gasteiger partial charge in [-0.3, -0.25) is 9.59 Å². The van der Waals surface area contributed by atoms with Crippen molar-refractivity contribution in [2.75, 3.05) is 12.0 Å². The monoisotopic (exact) mass is 408 g/mol. The van der Waals surface area contributed by atoms with Crippen LogP contribution in [-0.2, 0) is 22.5 Å². The number of Topliss-reactive ketones (excluding diaryl/α,β-unsaturated/α-hetero) is 1. The molecule has 3 rings (SSSR count). The molecular weight excluding hydrogens is 384 g/mol. The number of ketones is 1. The molecule has 0 saturated heterocycles. The van der Waals surface area contributed by atoms with Crippen LogP contribution >= 0.6 is 0 Å². The normalized spacial score (nSPS) is 10.7. The fourth-order valence-electron chi connectivity index (χ4n) is 3.37. The molecule has 2 aromatic heterocycles. The van der Waals surface area contributed by atoms with Crippen molar-refractivity contribution in [1.82, 2.24) is 4.98 Å². The second kappa shape index (κ2) is 8.82. The van der Waals surface area contributed by atoms with Crippen LogP contribution in [0.5, 0.6) is 0 Å². The van der Waals surface area contributed by atoms with Crippen molar-refractivity contribution in [2.45, 2.75) is 33.7 Å². The van der Waals surface area contributed by atoms with Crippen LogP contribution in [0.2, 0.25) is 0 Å². The van der Waals surface area contributed by atoms with Crippen molar-refractivity contribution >= 4 is 23.3 Å². The summed E-state index contributed by atoms with van der Waals surface area (Å²) in [5, 5.41) is 0. The molecule has 30 heavy (non-hydrogen) atoms. The summed E-state index contributed by atoms with van der Waals surface area (Å²) in [5.74, 6) is -0.435. The fraction of sp³-hybridized carbons (Fsp3) is 0.261. The van der Waals surface area contributed by atoms with Crippen LogP contribution < -0.4 is 4.90 Å². The second-order valence-electron chi connectivity index (χ2n) is 7.10. The lowest BCUT2D eigenvalue weighted by Crippen LogP contribution is -2.32. The first-order valence-electron chi connectivity index (χ1n) is 9.52. The van der Waals surface area contributed by atoms with Crippen molar-refractivity contribution in [1.29, 1.82) is 0 Å². The number of benzene rings is 1. The number of aromatic nitrogens is 1. The van der Waals surface area contributed by atoms with Gasteiger partial charge in [0.05, 0.1) is 37.6 Å². The summed E-state index contributed by atoms with van der Waals surface area (Å²) >= 11 is 0. The van der Waals surface area contributed by atoms with Gasteiger partial charge in [-0.05, 0) is 43.7 Å². The van der Waals surface area contributed by atoms with Gasteiger partial charge in [0.25, 0.3) is 0 Å². The number of anilines is 1. The van der Waals surface area contributed by atoms with E-state index in [9.17, 15) is 14.4 Å². The van der Waals surface area contributed by atoms with Crippen molar-refractivity contribution in [2.24, 2.45) is 0 Å². The van der Waals surface area contributed by atoms with Crippen molar-refractivity contribution < 1.29 is 23.5 Å². The number of carbonyl (C=O) groups is 3. The highest BCUT2D eigenvalue weighted by Gasteiger charge is 2.26. The molecule has 2 heterocycles. The smallest absolute Gasteiger partial charge is 0.339 e. The maximum Gasteiger partial charge on any atom is 0.339 e. The summed E-state index contributed by atoms with van der Waals surface area (Å²) < 4.78 is 10.3. The first-order valence-corrected chi connectivity index (χ1v) is 9.52. The number of amides is 1. The van der Waals surface area contributed by atoms with Crippen LogP contribution in [0.25, 0.3) is 0 Å². The molecule has 7 nitrogen and oxygen atoms in total. The summed E-state index contributed by atoms with van der Waals surface area (Å²) in [6.45, 7) is 5.27. The Morgan fingerprint density at radius 3 is 2.37 bits per heavy atom. The lowest BCUT2D eigenvalue weighted by Gasteiger charge is -2.22. The van der Waals surface area contributed by atoms with E-state index in [2.05, 4.69) is 4.98 Å². The number of nitrogens with one attached hydrogen (secondary N) is 1. The fourth-order valence-corrected chi connectivity index (χ4v) is 3.37. The summed E-state index contributed by atoms with van der Waals surface area (Å²) in [6, 6.07) is 11.1. The molecule has 156 valence electrons. The number of aromatic amines is 1. The number of aryl methyl sites for hydroxylation is 1. The van der Waals surface area contributed by atoms with Gasteiger partial charge in [0.2, 0.25) is 5.91 Å². The van der Waals surface area contributed by atoms with Gasteiger partial charge in [0.15, 0.2) is 5.78 Å². The summed E-state index contributed by atoms with van der Waals surface area (Å²) in [7, 11) is 1.27. The largest absolute Gasteiger partial charge is 0.467 e. The van der Waals surface area contributed by atoms with Gasteiger partial charge in [-0.2, -0.15) is 0 Å². The molecule has 1 amide bonds. The molecule has 0 atom stereocenters. The Kier molecular flexibility index (Phi) is 6.20. The van der Waals surface area contributed by atoms with E-state index in [0.717, 1.165) is 5.56 Å². The van der Waals surface area contributed by atoms with E-state index in [4.69, 9.17) is 9.15 Å². The molecule has 0 bridgehead atoms. The zero-order valence-corrected chi connectivity index (χ0v) is 17.4. The predicted octanol–water partition coefficient (Wildman–Crippen LogP) is 3.99. The highest BCUT2D eigenvalue weighted by atomic mass is 16.5. The molecular formula is C23H24N2O5. The Bertz CT molecular complexity index is 1060. The third-order valence-corrected chi connectivity index (χ3v) is 4.94. The number of furan rings is 1. The number of rotatable bonds is 7. The molecule has 3 aromatic rings. The minimum atomic E-state index is -0.591. The number of methoxy groups -OCH3 is 1. The Hall–Kier alpha value is -3.61. The minimum Gasteiger partial charge on any atom is -0.467 e. The molecule has 7 heteroatoms. The molecule has 0 saturated carbocycles. The number of hydrogen-bond acceptors (Lipinski definition) is 5. The zero-order chi connectivity index (χ0) is 21.8. The van der Waals surface area contributed by atoms with E-state index in [-0.39, 0.29) is 30.2 Å². The number of hydrogen-bond donors (Lipinski definition) is 1. The van der Waals surface area contributed by atoms with Crippen LogP contribution in [0.3, 0.4) is 0 Å². The molecule has 1 N–H and O–H groups in total. The standard InChI is InChI=1S/C23H24N2O5/c1-14-7-9-17(10-8-14)25(13-18-6-5-11-30-18)20(27)12-19-21(23(28)29-4)15(2)22(24-19)16(3)26/h5-11,24H,12-13H2,1-4H3. The van der Waals surface area contributed by atoms with E-state index in [1.54, 1.807) is 30.2 Å². The van der Waals surface area contributed by atoms with Crippen LogP contribution in [-0.4, -0.2) is 29.8 Å². The molecule has 0 fully saturated rings. The molecule has 1 aromatic carbocycles. The quantitative estimate of drug-likeness (QED) is 0.471. The summed E-state index contributed by atoms with van der Waals surface area (Å²) in [6.07, 6.45) is 1.45. The van der Waals surface area contributed by atoms with Gasteiger partial charge in [-0.15, -0.1) is 0 Å². The van der Waals surface area contributed by atoms with E-state index >= 15 is 0 Å². The molecule has 0 aliphatic carbocycles. The van der Waals surface area contributed by atoms with E-state index in [1.807, 2.05) is 31.2 Å². The molecule has 0 aliphatic heterocycles. The van der Waals surface area contributed by atoms with Crippen LogP contribution in [0, 0.1) is 13.8 Å². The molecule has 0 radical (unpaired) electrons. The number of H-pyrrole nitrogens is 1. The highest BCUT2D eigenvalue weighted by Crippen LogP contribution is 2.24. The van der Waals surface area contributed by atoms with Crippen molar-refractivity contribution in [3.05, 3.63) is 76.5 Å². The SMILES string of the molecule is COC(=O)c1c(CC(=O)N(Cc2ccco2)c2ccc(C)cc2)[nH]c(C(C)=O)c1C. The lowest BCUT2D eigenvalue weighted by molar-refractivity contribution is -0.118. The topological polar surface area (TPSA) is 92.6 Å². The van der Waals surface area contributed by atoms with Crippen LogP contribution in [0.1, 0.15) is 50.4 Å². The number of ether oxygens (including phenoxy) is 1. The Morgan fingerprint density at radius 2 is 1.80 bits per heavy atom. The number of esters is 1. The average Bonchev–Trinajstić information content (AvgIpc) is 3.34. The van der Waals surface area contributed by atoms with Gasteiger partial charge >= 0.3 is 5.97 Å². The number of carbonyl (C=O) groups excluding carboxylic acids is 3. The Morgan fingerprint density at radius 1 is 1.10 bits per heavy atom.